The molecule has 0 bridgehead atoms. The highest BCUT2D eigenvalue weighted by molar-refractivity contribution is 7.80. The average molecular weight is 542 g/mol. The number of nitrogens with one attached hydrogen (secondary N) is 2. The quantitative estimate of drug-likeness (QED) is 0.159. The van der Waals surface area contributed by atoms with Crippen LogP contribution >= 0.6 is 12.2 Å². The van der Waals surface area contributed by atoms with E-state index in [0.29, 0.717) is 16.6 Å². The third kappa shape index (κ3) is 5.23. The van der Waals surface area contributed by atoms with Gasteiger partial charge in [0.05, 0.1) is 16.7 Å². The van der Waals surface area contributed by atoms with Crippen molar-refractivity contribution < 1.29 is 14.1 Å². The van der Waals surface area contributed by atoms with Crippen molar-refractivity contribution >= 4 is 40.3 Å². The molecule has 2 atom stereocenters. The van der Waals surface area contributed by atoms with Crippen LogP contribution in [0.3, 0.4) is 0 Å². The van der Waals surface area contributed by atoms with E-state index < -0.39 is 4.92 Å². The number of hydrogen-bond acceptors (Lipinski definition) is 6. The fourth-order valence-electron chi connectivity index (χ4n) is 4.55. The Morgan fingerprint density at radius 1 is 1.13 bits per heavy atom. The van der Waals surface area contributed by atoms with Crippen molar-refractivity contribution in [1.29, 1.82) is 0 Å². The zero-order valence-electron chi connectivity index (χ0n) is 21.6. The van der Waals surface area contributed by atoms with Gasteiger partial charge in [0.2, 0.25) is 5.91 Å². The molecule has 2 N–H and O–H groups in total. The molecule has 1 aliphatic heterocycles. The molecule has 1 aliphatic rings. The van der Waals surface area contributed by atoms with E-state index in [1.165, 1.54) is 12.1 Å². The molecule has 1 fully saturated rings. The molecule has 4 aromatic rings. The monoisotopic (exact) mass is 541 g/mol. The number of benzene rings is 2. The third-order valence-corrected chi connectivity index (χ3v) is 6.96. The Kier molecular flexibility index (Phi) is 7.12. The number of aromatic nitrogens is 1. The number of amides is 1. The van der Waals surface area contributed by atoms with E-state index >= 15 is 0 Å². The van der Waals surface area contributed by atoms with E-state index in [9.17, 15) is 14.9 Å². The van der Waals surface area contributed by atoms with Crippen LogP contribution in [0.5, 0.6) is 0 Å². The largest absolute Gasteiger partial charge is 0.459 e. The summed E-state index contributed by atoms with van der Waals surface area (Å²) in [7, 11) is 0. The highest BCUT2D eigenvalue weighted by Crippen LogP contribution is 2.43. The van der Waals surface area contributed by atoms with Gasteiger partial charge >= 0.3 is 0 Å². The minimum atomic E-state index is -0.431. The van der Waals surface area contributed by atoms with Crippen molar-refractivity contribution in [2.45, 2.75) is 32.9 Å². The summed E-state index contributed by atoms with van der Waals surface area (Å²) in [4.78, 5) is 29.5. The Labute approximate surface area is 231 Å². The van der Waals surface area contributed by atoms with E-state index in [0.717, 1.165) is 28.2 Å². The number of carbonyl (C=O) groups is 1. The van der Waals surface area contributed by atoms with Gasteiger partial charge in [-0.1, -0.05) is 19.9 Å². The Hall–Kier alpha value is -4.57. The van der Waals surface area contributed by atoms with E-state index in [4.69, 9.17) is 16.6 Å². The van der Waals surface area contributed by atoms with E-state index in [2.05, 4.69) is 15.6 Å². The lowest BCUT2D eigenvalue weighted by atomic mass is 10.0. The lowest BCUT2D eigenvalue weighted by Crippen LogP contribution is -2.29. The summed E-state index contributed by atoms with van der Waals surface area (Å²) in [5.41, 5.74) is 4.02. The highest BCUT2D eigenvalue weighted by Gasteiger charge is 2.42. The van der Waals surface area contributed by atoms with Gasteiger partial charge in [0.1, 0.15) is 17.6 Å². The second-order valence-electron chi connectivity index (χ2n) is 9.65. The number of nitro benzene ring substituents is 1. The van der Waals surface area contributed by atoms with E-state index in [1.54, 1.807) is 18.3 Å². The molecule has 2 aromatic carbocycles. The van der Waals surface area contributed by atoms with Crippen LogP contribution in [0.25, 0.3) is 11.3 Å². The zero-order valence-corrected chi connectivity index (χ0v) is 22.4. The van der Waals surface area contributed by atoms with Crippen LogP contribution < -0.4 is 15.5 Å². The van der Waals surface area contributed by atoms with Gasteiger partial charge < -0.3 is 20.0 Å². The van der Waals surface area contributed by atoms with Gasteiger partial charge in [0, 0.05) is 41.2 Å². The second kappa shape index (κ2) is 10.7. The molecular formula is C29H27N5O4S. The fourth-order valence-corrected chi connectivity index (χ4v) is 4.90. The molecule has 0 radical (unpaired) electrons. The lowest BCUT2D eigenvalue weighted by Gasteiger charge is -2.27. The Morgan fingerprint density at radius 2 is 1.90 bits per heavy atom. The number of nitrogens with zero attached hydrogens (tertiary/aromatic N) is 3. The van der Waals surface area contributed by atoms with Gasteiger partial charge in [-0.3, -0.25) is 19.9 Å². The van der Waals surface area contributed by atoms with Gasteiger partial charge in [-0.25, -0.2) is 0 Å². The maximum Gasteiger partial charge on any atom is 0.269 e. The molecule has 0 unspecified atom stereocenters. The normalized spacial score (nSPS) is 16.8. The molecule has 1 saturated heterocycles. The second-order valence-corrected chi connectivity index (χ2v) is 10.0. The SMILES string of the molecule is Cc1cc(N2C(=S)N[C@@H](c3ccccn3)[C@H]2c2ccc(-c3ccc([N+](=O)[O-])cc3)o2)ccc1NC(=O)C(C)C. The zero-order chi connectivity index (χ0) is 27.7. The molecule has 10 heteroatoms. The van der Waals surface area contributed by atoms with E-state index in [1.807, 2.05) is 74.2 Å². The minimum Gasteiger partial charge on any atom is -0.459 e. The van der Waals surface area contributed by atoms with E-state index in [-0.39, 0.29) is 29.6 Å². The number of non-ortho nitro benzene ring substituents is 1. The molecule has 3 heterocycles. The number of anilines is 2. The molecule has 39 heavy (non-hydrogen) atoms. The highest BCUT2D eigenvalue weighted by atomic mass is 32.1. The topological polar surface area (TPSA) is 114 Å². The summed E-state index contributed by atoms with van der Waals surface area (Å²) in [6.07, 6.45) is 1.74. The number of nitro groups is 1. The maximum absolute atomic E-state index is 12.3. The first-order valence-corrected chi connectivity index (χ1v) is 12.9. The van der Waals surface area contributed by atoms with Crippen molar-refractivity contribution in [3.8, 4) is 11.3 Å². The van der Waals surface area contributed by atoms with Crippen LogP contribution in [0.2, 0.25) is 0 Å². The number of thiocarbonyl (C=S) groups is 1. The summed E-state index contributed by atoms with van der Waals surface area (Å²) in [5, 5.41) is 18.0. The number of pyridine rings is 1. The molecule has 198 valence electrons. The molecule has 5 rings (SSSR count). The van der Waals surface area contributed by atoms with Crippen molar-refractivity contribution in [2.24, 2.45) is 5.92 Å². The van der Waals surface area contributed by atoms with Crippen LogP contribution in [0.1, 0.15) is 42.9 Å². The smallest absolute Gasteiger partial charge is 0.269 e. The minimum absolute atomic E-state index is 0.0145. The molecular weight excluding hydrogens is 514 g/mol. The number of carbonyl (C=O) groups excluding carboxylic acids is 1. The standard InChI is InChI=1S/C29H27N5O4S/c1-17(2)28(35)31-22-12-11-21(16-18(22)3)33-27(26(32-29(33)39)23-6-4-5-15-30-23)25-14-13-24(38-25)19-7-9-20(10-8-19)34(36)37/h4-17,26-27H,1-3H3,(H,31,35)(H,32,39)/t26-,27+/m0/s1. The summed E-state index contributed by atoms with van der Waals surface area (Å²) in [5.74, 6) is 1.06. The summed E-state index contributed by atoms with van der Waals surface area (Å²) < 4.78 is 6.34. The first-order valence-electron chi connectivity index (χ1n) is 12.5. The number of furan rings is 1. The third-order valence-electron chi connectivity index (χ3n) is 6.65. The van der Waals surface area contributed by atoms with Crippen LogP contribution in [-0.2, 0) is 4.79 Å². The van der Waals surface area contributed by atoms with Crippen LogP contribution in [-0.4, -0.2) is 20.9 Å². The first kappa shape index (κ1) is 26.1. The predicted octanol–water partition coefficient (Wildman–Crippen LogP) is 6.33. The van der Waals surface area contributed by atoms with Crippen molar-refractivity contribution in [2.75, 3.05) is 10.2 Å². The molecule has 2 aromatic heterocycles. The average Bonchev–Trinajstić information content (AvgIpc) is 3.55. The van der Waals surface area contributed by atoms with Gasteiger partial charge in [-0.2, -0.15) is 0 Å². The van der Waals surface area contributed by atoms with Crippen molar-refractivity contribution in [3.05, 3.63) is 106 Å². The molecule has 0 spiro atoms. The van der Waals surface area contributed by atoms with Crippen LogP contribution in [0.15, 0.2) is 83.4 Å². The molecule has 9 nitrogen and oxygen atoms in total. The van der Waals surface area contributed by atoms with Gasteiger partial charge in [0.25, 0.3) is 5.69 Å². The Morgan fingerprint density at radius 3 is 2.54 bits per heavy atom. The van der Waals surface area contributed by atoms with Crippen molar-refractivity contribution in [3.63, 3.8) is 0 Å². The molecule has 1 amide bonds. The summed E-state index contributed by atoms with van der Waals surface area (Å²) in [6, 6.07) is 20.8. The van der Waals surface area contributed by atoms with Crippen LogP contribution in [0.4, 0.5) is 17.1 Å². The fraction of sp³-hybridized carbons (Fsp3) is 0.207. The maximum atomic E-state index is 12.3. The van der Waals surface area contributed by atoms with Crippen molar-refractivity contribution in [1.82, 2.24) is 10.3 Å². The molecule has 0 aliphatic carbocycles. The summed E-state index contributed by atoms with van der Waals surface area (Å²) in [6.45, 7) is 5.64. The Bertz CT molecular complexity index is 1540. The molecule has 0 saturated carbocycles. The number of rotatable bonds is 7. The van der Waals surface area contributed by atoms with Gasteiger partial charge in [-0.05, 0) is 79.3 Å². The lowest BCUT2D eigenvalue weighted by molar-refractivity contribution is -0.384. The van der Waals surface area contributed by atoms with Gasteiger partial charge in [-0.15, -0.1) is 0 Å². The number of hydrogen-bond donors (Lipinski definition) is 2. The van der Waals surface area contributed by atoms with Crippen LogP contribution in [0, 0.1) is 23.0 Å². The number of aryl methyl sites for hydroxylation is 1. The summed E-state index contributed by atoms with van der Waals surface area (Å²) >= 11 is 5.81. The Balaban J connectivity index is 1.53. The first-order chi connectivity index (χ1) is 18.7. The van der Waals surface area contributed by atoms with Gasteiger partial charge in [0.15, 0.2) is 5.11 Å². The predicted molar refractivity (Wildman–Crippen MR) is 153 cm³/mol.